The summed E-state index contributed by atoms with van der Waals surface area (Å²) in [5, 5.41) is 0.602. The van der Waals surface area contributed by atoms with Crippen LogP contribution in [0.1, 0.15) is 21.3 Å². The smallest absolute Gasteiger partial charge is 0.265 e. The molecule has 2 amide bonds. The number of hydrogen-bond donors (Lipinski definition) is 2. The van der Waals surface area contributed by atoms with Crippen LogP contribution in [0.2, 0.25) is 0 Å². The summed E-state index contributed by atoms with van der Waals surface area (Å²) >= 11 is 2.21. The van der Waals surface area contributed by atoms with Crippen LogP contribution in [0.5, 0.6) is 0 Å². The molecule has 152 valence electrons. The number of anilines is 1. The molecule has 2 heterocycles. The van der Waals surface area contributed by atoms with E-state index in [4.69, 9.17) is 11.5 Å². The van der Waals surface area contributed by atoms with Gasteiger partial charge in [0, 0.05) is 11.0 Å². The van der Waals surface area contributed by atoms with Crippen LogP contribution in [0.3, 0.4) is 0 Å². The predicted molar refractivity (Wildman–Crippen MR) is 113 cm³/mol. The molecule has 0 fully saturated rings. The van der Waals surface area contributed by atoms with E-state index in [1.807, 2.05) is 0 Å². The van der Waals surface area contributed by atoms with Gasteiger partial charge in [-0.2, -0.15) is 4.37 Å². The molecule has 3 aromatic rings. The zero-order valence-corrected chi connectivity index (χ0v) is 16.8. The van der Waals surface area contributed by atoms with Gasteiger partial charge in [-0.1, -0.05) is 18.2 Å². The molecule has 1 unspecified atom stereocenters. The normalized spacial score (nSPS) is 15.9. The Labute approximate surface area is 178 Å². The van der Waals surface area contributed by atoms with Crippen LogP contribution in [0.15, 0.2) is 59.8 Å². The van der Waals surface area contributed by atoms with Crippen LogP contribution in [0, 0.1) is 11.6 Å². The minimum absolute atomic E-state index is 0.0999. The van der Waals surface area contributed by atoms with Crippen molar-refractivity contribution in [3.8, 4) is 10.4 Å². The Morgan fingerprint density at radius 3 is 2.27 bits per heavy atom. The summed E-state index contributed by atoms with van der Waals surface area (Å²) in [7, 11) is 0. The number of amides is 2. The second-order valence-electron chi connectivity index (χ2n) is 6.34. The van der Waals surface area contributed by atoms with Gasteiger partial charge in [0.2, 0.25) is 5.91 Å². The molecule has 0 spiro atoms. The highest BCUT2D eigenvalue weighted by atomic mass is 32.2. The lowest BCUT2D eigenvalue weighted by Gasteiger charge is -2.28. The van der Waals surface area contributed by atoms with Crippen molar-refractivity contribution in [3.05, 3.63) is 82.5 Å². The maximum absolute atomic E-state index is 14.5. The number of carbonyl (C=O) groups is 2. The van der Waals surface area contributed by atoms with Crippen molar-refractivity contribution in [1.29, 1.82) is 0 Å². The summed E-state index contributed by atoms with van der Waals surface area (Å²) in [4.78, 5) is 25.5. The first-order chi connectivity index (χ1) is 14.4. The van der Waals surface area contributed by atoms with E-state index in [0.29, 0.717) is 21.7 Å². The molecule has 0 saturated carbocycles. The average Bonchev–Trinajstić information content (AvgIpc) is 3.34. The molecule has 1 atom stereocenters. The SMILES string of the molecule is NC(=O)C1=CSC(c2c(F)cccc2F)N1c1cnsc1-c1ccc(C(N)=O)cc1. The van der Waals surface area contributed by atoms with Crippen molar-refractivity contribution < 1.29 is 18.4 Å². The van der Waals surface area contributed by atoms with E-state index in [1.54, 1.807) is 24.3 Å². The van der Waals surface area contributed by atoms with Gasteiger partial charge >= 0.3 is 0 Å². The molecule has 30 heavy (non-hydrogen) atoms. The second-order valence-corrected chi connectivity index (χ2v) is 8.10. The van der Waals surface area contributed by atoms with E-state index in [9.17, 15) is 18.4 Å². The molecule has 2 aromatic carbocycles. The van der Waals surface area contributed by atoms with Crippen LogP contribution < -0.4 is 16.4 Å². The van der Waals surface area contributed by atoms with Crippen molar-refractivity contribution in [2.45, 2.75) is 5.37 Å². The molecule has 4 rings (SSSR count). The molecule has 0 radical (unpaired) electrons. The van der Waals surface area contributed by atoms with Crippen LogP contribution in [-0.4, -0.2) is 16.2 Å². The second kappa shape index (κ2) is 7.88. The van der Waals surface area contributed by atoms with Gasteiger partial charge in [-0.3, -0.25) is 9.59 Å². The number of rotatable bonds is 5. The predicted octanol–water partition coefficient (Wildman–Crippen LogP) is 3.77. The largest absolute Gasteiger partial charge is 0.366 e. The molecule has 0 saturated heterocycles. The van der Waals surface area contributed by atoms with Gasteiger partial charge < -0.3 is 16.4 Å². The number of primary amides is 2. The number of nitrogens with two attached hydrogens (primary N) is 2. The minimum atomic E-state index is -0.881. The van der Waals surface area contributed by atoms with E-state index >= 15 is 0 Å². The minimum Gasteiger partial charge on any atom is -0.366 e. The Morgan fingerprint density at radius 2 is 1.67 bits per heavy atom. The van der Waals surface area contributed by atoms with Crippen molar-refractivity contribution in [2.24, 2.45) is 11.5 Å². The van der Waals surface area contributed by atoms with Gasteiger partial charge in [0.05, 0.1) is 22.3 Å². The molecule has 1 aliphatic heterocycles. The van der Waals surface area contributed by atoms with Gasteiger partial charge in [-0.05, 0) is 41.4 Å². The molecule has 1 aliphatic rings. The standard InChI is InChI=1S/C20H14F2N4O2S2/c21-12-2-1-3-13(22)16(12)20-26(15(9-29-20)19(24)28)14-8-25-30-17(14)10-4-6-11(7-5-10)18(23)27/h1-9,20H,(H2,23,27)(H2,24,28). The van der Waals surface area contributed by atoms with Crippen molar-refractivity contribution in [1.82, 2.24) is 4.37 Å². The van der Waals surface area contributed by atoms with Gasteiger partial charge in [0.15, 0.2) is 0 Å². The lowest BCUT2D eigenvalue weighted by molar-refractivity contribution is -0.114. The molecule has 0 bridgehead atoms. The van der Waals surface area contributed by atoms with Crippen LogP contribution in [0.4, 0.5) is 14.5 Å². The van der Waals surface area contributed by atoms with Gasteiger partial charge in [0.1, 0.15) is 22.7 Å². The van der Waals surface area contributed by atoms with Gasteiger partial charge in [-0.15, -0.1) is 11.8 Å². The van der Waals surface area contributed by atoms with Crippen molar-refractivity contribution >= 4 is 40.8 Å². The van der Waals surface area contributed by atoms with Crippen LogP contribution in [-0.2, 0) is 4.79 Å². The van der Waals surface area contributed by atoms with E-state index in [1.165, 1.54) is 22.6 Å². The van der Waals surface area contributed by atoms with Crippen molar-refractivity contribution in [3.63, 3.8) is 0 Å². The topological polar surface area (TPSA) is 102 Å². The fraction of sp³-hybridized carbons (Fsp3) is 0.0500. The Balaban J connectivity index is 1.82. The van der Waals surface area contributed by atoms with Gasteiger partial charge in [-0.25, -0.2) is 8.78 Å². The lowest BCUT2D eigenvalue weighted by Crippen LogP contribution is -2.31. The third-order valence-electron chi connectivity index (χ3n) is 4.54. The maximum atomic E-state index is 14.5. The van der Waals surface area contributed by atoms with Gasteiger partial charge in [0.25, 0.3) is 5.91 Å². The fourth-order valence-corrected chi connectivity index (χ4v) is 5.08. The van der Waals surface area contributed by atoms with E-state index < -0.39 is 28.8 Å². The van der Waals surface area contributed by atoms with Crippen LogP contribution in [0.25, 0.3) is 10.4 Å². The first kappa shape index (κ1) is 20.0. The number of carbonyl (C=O) groups excluding carboxylic acids is 2. The van der Waals surface area contributed by atoms with Crippen LogP contribution >= 0.6 is 23.3 Å². The first-order valence-corrected chi connectivity index (χ1v) is 10.3. The number of aromatic nitrogens is 1. The highest BCUT2D eigenvalue weighted by molar-refractivity contribution is 8.02. The monoisotopic (exact) mass is 444 g/mol. The number of benzene rings is 2. The third kappa shape index (κ3) is 3.44. The zero-order chi connectivity index (χ0) is 21.4. The Bertz CT molecular complexity index is 1160. The molecular formula is C20H14F2N4O2S2. The maximum Gasteiger partial charge on any atom is 0.265 e. The van der Waals surface area contributed by atoms with E-state index in [-0.39, 0.29) is 11.3 Å². The third-order valence-corrected chi connectivity index (χ3v) is 6.45. The number of halogens is 2. The summed E-state index contributed by atoms with van der Waals surface area (Å²) < 4.78 is 33.2. The molecule has 6 nitrogen and oxygen atoms in total. The summed E-state index contributed by atoms with van der Waals surface area (Å²) in [6.07, 6.45) is 1.51. The molecular weight excluding hydrogens is 430 g/mol. The number of nitrogens with zero attached hydrogens (tertiary/aromatic N) is 2. The molecule has 0 aliphatic carbocycles. The van der Waals surface area contributed by atoms with E-state index in [0.717, 1.165) is 35.4 Å². The number of hydrogen-bond acceptors (Lipinski definition) is 6. The summed E-state index contributed by atoms with van der Waals surface area (Å²) in [6.45, 7) is 0. The Kier molecular flexibility index (Phi) is 5.27. The molecule has 1 aromatic heterocycles. The molecule has 4 N–H and O–H groups in total. The summed E-state index contributed by atoms with van der Waals surface area (Å²) in [5.74, 6) is -2.75. The Hall–Kier alpha value is -3.24. The fourth-order valence-electron chi connectivity index (χ4n) is 3.14. The number of thioether (sulfide) groups is 1. The lowest BCUT2D eigenvalue weighted by atomic mass is 10.1. The average molecular weight is 444 g/mol. The molecule has 10 heteroatoms. The highest BCUT2D eigenvalue weighted by Gasteiger charge is 2.37. The van der Waals surface area contributed by atoms with E-state index in [2.05, 4.69) is 4.37 Å². The zero-order valence-electron chi connectivity index (χ0n) is 15.2. The highest BCUT2D eigenvalue weighted by Crippen LogP contribution is 2.50. The van der Waals surface area contributed by atoms with Crippen molar-refractivity contribution in [2.75, 3.05) is 4.90 Å². The Morgan fingerprint density at radius 1 is 1.00 bits per heavy atom. The quantitative estimate of drug-likeness (QED) is 0.624. The first-order valence-electron chi connectivity index (χ1n) is 8.62. The summed E-state index contributed by atoms with van der Waals surface area (Å²) in [5.41, 5.74) is 12.2. The summed E-state index contributed by atoms with van der Waals surface area (Å²) in [6, 6.07) is 10.1.